The van der Waals surface area contributed by atoms with E-state index in [2.05, 4.69) is 17.5 Å². The van der Waals surface area contributed by atoms with Gasteiger partial charge in [0.1, 0.15) is 18.0 Å². The Hall–Kier alpha value is -3.31. The molecule has 0 radical (unpaired) electrons. The zero-order valence-corrected chi connectivity index (χ0v) is 17.5. The summed E-state index contributed by atoms with van der Waals surface area (Å²) < 4.78 is 5.90. The first-order valence-corrected chi connectivity index (χ1v) is 10.7. The molecule has 5 nitrogen and oxygen atoms in total. The van der Waals surface area contributed by atoms with Gasteiger partial charge in [-0.15, -0.1) is 0 Å². The molecular weight excluding hydrogens is 412 g/mol. The molecule has 0 spiro atoms. The second-order valence-electron chi connectivity index (χ2n) is 7.96. The van der Waals surface area contributed by atoms with Gasteiger partial charge in [-0.2, -0.15) is 0 Å². The molecule has 0 fully saturated rings. The molecule has 1 unspecified atom stereocenters. The van der Waals surface area contributed by atoms with Gasteiger partial charge in [0.15, 0.2) is 0 Å². The molecule has 156 valence electrons. The second-order valence-corrected chi connectivity index (χ2v) is 8.39. The van der Waals surface area contributed by atoms with Gasteiger partial charge in [0, 0.05) is 17.0 Å². The van der Waals surface area contributed by atoms with Gasteiger partial charge in [-0.05, 0) is 53.3 Å². The van der Waals surface area contributed by atoms with Crippen molar-refractivity contribution in [3.63, 3.8) is 0 Å². The molecule has 1 N–H and O–H groups in total. The molecule has 1 aliphatic carbocycles. The number of hydrogen-bond donors (Lipinski definition) is 1. The highest BCUT2D eigenvalue weighted by Gasteiger charge is 2.40. The van der Waals surface area contributed by atoms with Crippen molar-refractivity contribution in [2.24, 2.45) is 5.92 Å². The number of nitro benzene ring substituents is 1. The minimum atomic E-state index is -0.310. The van der Waals surface area contributed by atoms with Crippen LogP contribution in [0.15, 0.2) is 78.9 Å². The number of anilines is 1. The maximum absolute atomic E-state index is 11.6. The highest BCUT2D eigenvalue weighted by Crippen LogP contribution is 2.52. The Morgan fingerprint density at radius 1 is 1.06 bits per heavy atom. The summed E-state index contributed by atoms with van der Waals surface area (Å²) in [6, 6.07) is 20.9. The van der Waals surface area contributed by atoms with Crippen LogP contribution in [0.5, 0.6) is 5.75 Å². The number of rotatable bonds is 5. The van der Waals surface area contributed by atoms with Crippen molar-refractivity contribution < 1.29 is 9.66 Å². The van der Waals surface area contributed by atoms with E-state index < -0.39 is 0 Å². The summed E-state index contributed by atoms with van der Waals surface area (Å²) in [5, 5.41) is 15.8. The SMILES string of the molecule is O=[N+]([O-])c1cccc2c1NC(c1ccc(OCc3ccc(Cl)cc3)cc1)[C@H]1CC=C[C@@H]21. The molecule has 1 aliphatic heterocycles. The molecule has 1 heterocycles. The van der Waals surface area contributed by atoms with Crippen molar-refractivity contribution >= 4 is 23.0 Å². The number of fused-ring (bicyclic) bond motifs is 3. The molecule has 0 saturated heterocycles. The lowest BCUT2D eigenvalue weighted by atomic mass is 9.77. The first kappa shape index (κ1) is 19.6. The molecular formula is C25H21ClN2O3. The maximum atomic E-state index is 11.6. The summed E-state index contributed by atoms with van der Waals surface area (Å²) in [5.74, 6) is 1.29. The predicted octanol–water partition coefficient (Wildman–Crippen LogP) is 6.65. The standard InChI is InChI=1S/C25H21ClN2O3/c26-18-11-7-16(8-12-18)15-31-19-13-9-17(10-14-19)24-21-4-1-3-20(21)22-5-2-6-23(28(29)30)25(22)27-24/h1-3,5-14,20-21,24,27H,4,15H2/t20-,21+,24?/m1/s1. The zero-order chi connectivity index (χ0) is 21.4. The lowest BCUT2D eigenvalue weighted by Crippen LogP contribution is -2.29. The van der Waals surface area contributed by atoms with Gasteiger partial charge in [-0.25, -0.2) is 0 Å². The van der Waals surface area contributed by atoms with Gasteiger partial charge in [0.2, 0.25) is 0 Å². The largest absolute Gasteiger partial charge is 0.489 e. The quantitative estimate of drug-likeness (QED) is 0.278. The van der Waals surface area contributed by atoms with E-state index in [4.69, 9.17) is 16.3 Å². The third-order valence-electron chi connectivity index (χ3n) is 6.13. The highest BCUT2D eigenvalue weighted by atomic mass is 35.5. The van der Waals surface area contributed by atoms with Crippen LogP contribution in [0, 0.1) is 16.0 Å². The van der Waals surface area contributed by atoms with Gasteiger partial charge < -0.3 is 10.1 Å². The summed E-state index contributed by atoms with van der Waals surface area (Å²) >= 11 is 5.93. The van der Waals surface area contributed by atoms with Crippen LogP contribution in [-0.4, -0.2) is 4.92 Å². The van der Waals surface area contributed by atoms with Gasteiger partial charge in [-0.1, -0.05) is 60.2 Å². The van der Waals surface area contributed by atoms with E-state index >= 15 is 0 Å². The van der Waals surface area contributed by atoms with Crippen LogP contribution < -0.4 is 10.1 Å². The van der Waals surface area contributed by atoms with Crippen LogP contribution >= 0.6 is 11.6 Å². The number of para-hydroxylation sites is 1. The average Bonchev–Trinajstić information content (AvgIpc) is 3.28. The Morgan fingerprint density at radius 3 is 2.58 bits per heavy atom. The van der Waals surface area contributed by atoms with E-state index in [0.29, 0.717) is 23.2 Å². The Labute approximate surface area is 185 Å². The van der Waals surface area contributed by atoms with Crippen LogP contribution in [0.1, 0.15) is 35.1 Å². The minimum Gasteiger partial charge on any atom is -0.489 e. The minimum absolute atomic E-state index is 0.00100. The molecule has 2 aliphatic rings. The Balaban J connectivity index is 1.37. The third-order valence-corrected chi connectivity index (χ3v) is 6.38. The summed E-state index contributed by atoms with van der Waals surface area (Å²) in [6.45, 7) is 0.465. The summed E-state index contributed by atoms with van der Waals surface area (Å²) in [5.41, 5.74) is 3.91. The molecule has 3 atom stereocenters. The van der Waals surface area contributed by atoms with Gasteiger partial charge in [-0.3, -0.25) is 10.1 Å². The van der Waals surface area contributed by atoms with E-state index in [0.717, 1.165) is 28.9 Å². The lowest BCUT2D eigenvalue weighted by Gasteiger charge is -2.37. The molecule has 3 aromatic rings. The van der Waals surface area contributed by atoms with Crippen LogP contribution in [0.2, 0.25) is 5.02 Å². The molecule has 6 heteroatoms. The molecule has 0 saturated carbocycles. The number of allylic oxidation sites excluding steroid dienone is 2. The van der Waals surface area contributed by atoms with Crippen molar-refractivity contribution in [3.8, 4) is 5.75 Å². The van der Waals surface area contributed by atoms with Crippen molar-refractivity contribution in [3.05, 3.63) is 111 Å². The Kier molecular flexibility index (Phi) is 5.12. The number of nitro groups is 1. The highest BCUT2D eigenvalue weighted by molar-refractivity contribution is 6.30. The predicted molar refractivity (Wildman–Crippen MR) is 122 cm³/mol. The third kappa shape index (κ3) is 3.77. The van der Waals surface area contributed by atoms with Crippen LogP contribution in [0.4, 0.5) is 11.4 Å². The number of ether oxygens (including phenoxy) is 1. The molecule has 0 aromatic heterocycles. The second kappa shape index (κ2) is 8.08. The number of nitrogens with zero attached hydrogens (tertiary/aromatic N) is 1. The molecule has 0 amide bonds. The van der Waals surface area contributed by atoms with Crippen molar-refractivity contribution in [2.75, 3.05) is 5.32 Å². The number of halogens is 1. The Morgan fingerprint density at radius 2 is 1.84 bits per heavy atom. The van der Waals surface area contributed by atoms with Crippen LogP contribution in [0.25, 0.3) is 0 Å². The van der Waals surface area contributed by atoms with Gasteiger partial charge in [0.25, 0.3) is 5.69 Å². The number of nitrogens with one attached hydrogen (secondary N) is 1. The van der Waals surface area contributed by atoms with E-state index in [-0.39, 0.29) is 22.6 Å². The fourth-order valence-electron chi connectivity index (χ4n) is 4.61. The van der Waals surface area contributed by atoms with Crippen molar-refractivity contribution in [2.45, 2.75) is 25.0 Å². The van der Waals surface area contributed by atoms with Crippen LogP contribution in [0.3, 0.4) is 0 Å². The molecule has 5 rings (SSSR count). The van der Waals surface area contributed by atoms with Gasteiger partial charge in [0.05, 0.1) is 11.0 Å². The first-order valence-electron chi connectivity index (χ1n) is 10.3. The fourth-order valence-corrected chi connectivity index (χ4v) is 4.73. The van der Waals surface area contributed by atoms with E-state index in [1.165, 1.54) is 0 Å². The normalized spacial score (nSPS) is 21.1. The molecule has 3 aromatic carbocycles. The number of benzene rings is 3. The molecule has 0 bridgehead atoms. The smallest absolute Gasteiger partial charge is 0.292 e. The summed E-state index contributed by atoms with van der Waals surface area (Å²) in [4.78, 5) is 11.3. The summed E-state index contributed by atoms with van der Waals surface area (Å²) in [6.07, 6.45) is 5.31. The van der Waals surface area contributed by atoms with Crippen molar-refractivity contribution in [1.82, 2.24) is 0 Å². The van der Waals surface area contributed by atoms with E-state index in [1.807, 2.05) is 54.6 Å². The lowest BCUT2D eigenvalue weighted by molar-refractivity contribution is -0.384. The maximum Gasteiger partial charge on any atom is 0.292 e. The van der Waals surface area contributed by atoms with Gasteiger partial charge >= 0.3 is 0 Å². The van der Waals surface area contributed by atoms with E-state index in [1.54, 1.807) is 12.1 Å². The monoisotopic (exact) mass is 432 g/mol. The average molecular weight is 433 g/mol. The Bertz CT molecular complexity index is 1140. The first-order chi connectivity index (χ1) is 15.1. The number of hydrogen-bond acceptors (Lipinski definition) is 4. The summed E-state index contributed by atoms with van der Waals surface area (Å²) in [7, 11) is 0. The molecule has 31 heavy (non-hydrogen) atoms. The van der Waals surface area contributed by atoms with E-state index in [9.17, 15) is 10.1 Å². The van der Waals surface area contributed by atoms with Crippen LogP contribution in [-0.2, 0) is 6.61 Å². The fraction of sp³-hybridized carbons (Fsp3) is 0.200. The topological polar surface area (TPSA) is 64.4 Å². The van der Waals surface area contributed by atoms with Crippen molar-refractivity contribution in [1.29, 1.82) is 0 Å². The zero-order valence-electron chi connectivity index (χ0n) is 16.7.